The van der Waals surface area contributed by atoms with Gasteiger partial charge in [-0.15, -0.1) is 10.2 Å². The van der Waals surface area contributed by atoms with Crippen LogP contribution in [0, 0.1) is 6.92 Å². The smallest absolute Gasteiger partial charge is 0.336 e. The minimum absolute atomic E-state index is 0.133. The van der Waals surface area contributed by atoms with Crippen LogP contribution in [0.2, 0.25) is 0 Å². The molecular weight excluding hydrogens is 504 g/mol. The van der Waals surface area contributed by atoms with Crippen LogP contribution in [0.1, 0.15) is 86.0 Å². The van der Waals surface area contributed by atoms with Crippen molar-refractivity contribution in [3.05, 3.63) is 65.5 Å². The minimum Gasteiger partial charge on any atom is -0.478 e. The standard InChI is InChI=1S/C32H36N4O4/c1-21-33-28-29(36(21)20-22-16-18-23(19-17-22)26-14-8-9-15-27(26)32(37)38)31(40-25-12-6-3-7-13-25)35-34-30(28)39-24-10-4-2-5-11-24/h8-9,14-19,24-25H,2-7,10-13,20H2,1H3,(H,37,38). The van der Waals surface area contributed by atoms with Crippen LogP contribution in [0.3, 0.4) is 0 Å². The topological polar surface area (TPSA) is 99.4 Å². The molecule has 6 rings (SSSR count). The SMILES string of the molecule is Cc1nc2c(OC3CCCCC3)nnc(OC3CCCCC3)c2n1Cc1ccc(-c2ccccc2C(=O)O)cc1. The summed E-state index contributed by atoms with van der Waals surface area (Å²) in [6.45, 7) is 2.56. The summed E-state index contributed by atoms with van der Waals surface area (Å²) in [4.78, 5) is 16.6. The van der Waals surface area contributed by atoms with E-state index >= 15 is 0 Å². The first-order chi connectivity index (χ1) is 19.6. The lowest BCUT2D eigenvalue weighted by Crippen LogP contribution is -2.22. The normalized spacial score (nSPS) is 16.7. The van der Waals surface area contributed by atoms with Gasteiger partial charge >= 0.3 is 5.97 Å². The van der Waals surface area contributed by atoms with Gasteiger partial charge in [0.05, 0.1) is 5.56 Å². The molecule has 2 aliphatic carbocycles. The second-order valence-corrected chi connectivity index (χ2v) is 11.1. The summed E-state index contributed by atoms with van der Waals surface area (Å²) < 4.78 is 15.0. The molecule has 0 aliphatic heterocycles. The Morgan fingerprint density at radius 1 is 0.850 bits per heavy atom. The van der Waals surface area contributed by atoms with Crippen LogP contribution < -0.4 is 9.47 Å². The quantitative estimate of drug-likeness (QED) is 0.258. The van der Waals surface area contributed by atoms with E-state index in [2.05, 4.69) is 14.8 Å². The van der Waals surface area contributed by atoms with Gasteiger partial charge in [-0.2, -0.15) is 0 Å². The summed E-state index contributed by atoms with van der Waals surface area (Å²) in [5.74, 6) is 0.913. The van der Waals surface area contributed by atoms with Gasteiger partial charge in [0.25, 0.3) is 11.8 Å². The number of fused-ring (bicyclic) bond motifs is 1. The fourth-order valence-corrected chi connectivity index (χ4v) is 6.04. The maximum absolute atomic E-state index is 11.7. The van der Waals surface area contributed by atoms with Gasteiger partial charge in [-0.25, -0.2) is 9.78 Å². The van der Waals surface area contributed by atoms with Crippen LogP contribution >= 0.6 is 0 Å². The van der Waals surface area contributed by atoms with Crippen molar-refractivity contribution in [3.63, 3.8) is 0 Å². The molecule has 2 saturated carbocycles. The number of nitrogens with zero attached hydrogens (tertiary/aromatic N) is 4. The first kappa shape index (κ1) is 26.3. The molecule has 1 N–H and O–H groups in total. The Morgan fingerprint density at radius 2 is 1.45 bits per heavy atom. The average molecular weight is 541 g/mol. The van der Waals surface area contributed by atoms with Gasteiger partial charge in [0.2, 0.25) is 0 Å². The number of aromatic nitrogens is 4. The Kier molecular flexibility index (Phi) is 7.66. The number of hydrogen-bond donors (Lipinski definition) is 1. The number of carbonyl (C=O) groups is 1. The number of rotatable bonds is 8. The molecular formula is C32H36N4O4. The van der Waals surface area contributed by atoms with E-state index in [1.54, 1.807) is 12.1 Å². The van der Waals surface area contributed by atoms with E-state index in [0.29, 0.717) is 34.9 Å². The second-order valence-electron chi connectivity index (χ2n) is 11.1. The fraction of sp³-hybridized carbons (Fsp3) is 0.438. The zero-order valence-corrected chi connectivity index (χ0v) is 23.0. The first-order valence-corrected chi connectivity index (χ1v) is 14.6. The molecule has 2 fully saturated rings. The molecule has 0 bridgehead atoms. The molecule has 2 aromatic carbocycles. The van der Waals surface area contributed by atoms with Crippen molar-refractivity contribution in [3.8, 4) is 22.9 Å². The molecule has 2 heterocycles. The van der Waals surface area contributed by atoms with Crippen LogP contribution in [0.25, 0.3) is 22.2 Å². The monoisotopic (exact) mass is 540 g/mol. The minimum atomic E-state index is -0.932. The number of imidazole rings is 1. The summed E-state index contributed by atoms with van der Waals surface area (Å²) >= 11 is 0. The molecule has 0 atom stereocenters. The molecule has 40 heavy (non-hydrogen) atoms. The molecule has 0 unspecified atom stereocenters. The Balaban J connectivity index is 1.34. The summed E-state index contributed by atoms with van der Waals surface area (Å²) in [5, 5.41) is 18.6. The number of ether oxygens (including phenoxy) is 2. The van der Waals surface area contributed by atoms with E-state index in [1.165, 1.54) is 38.5 Å². The highest BCUT2D eigenvalue weighted by molar-refractivity contribution is 5.96. The van der Waals surface area contributed by atoms with Gasteiger partial charge < -0.3 is 19.1 Å². The van der Waals surface area contributed by atoms with Crippen molar-refractivity contribution in [2.45, 2.75) is 89.9 Å². The van der Waals surface area contributed by atoms with Gasteiger partial charge in [0, 0.05) is 6.54 Å². The molecule has 2 aliphatic rings. The predicted molar refractivity (Wildman–Crippen MR) is 153 cm³/mol. The van der Waals surface area contributed by atoms with Crippen molar-refractivity contribution < 1.29 is 19.4 Å². The molecule has 2 aromatic heterocycles. The lowest BCUT2D eigenvalue weighted by molar-refractivity contribution is 0.0697. The largest absolute Gasteiger partial charge is 0.478 e. The van der Waals surface area contributed by atoms with E-state index in [1.807, 2.05) is 43.3 Å². The number of hydrogen-bond acceptors (Lipinski definition) is 6. The van der Waals surface area contributed by atoms with E-state index in [0.717, 1.165) is 48.2 Å². The van der Waals surface area contributed by atoms with Crippen LogP contribution in [-0.2, 0) is 6.54 Å². The highest BCUT2D eigenvalue weighted by Gasteiger charge is 2.26. The summed E-state index contributed by atoms with van der Waals surface area (Å²) in [6, 6.07) is 15.1. The molecule has 0 radical (unpaired) electrons. The lowest BCUT2D eigenvalue weighted by Gasteiger charge is -2.24. The van der Waals surface area contributed by atoms with Gasteiger partial charge in [0.1, 0.15) is 23.5 Å². The molecule has 0 saturated heterocycles. The maximum Gasteiger partial charge on any atom is 0.336 e. The third-order valence-electron chi connectivity index (χ3n) is 8.22. The third kappa shape index (κ3) is 5.53. The summed E-state index contributed by atoms with van der Waals surface area (Å²) in [5.41, 5.74) is 4.45. The van der Waals surface area contributed by atoms with Gasteiger partial charge in [0.15, 0.2) is 5.52 Å². The molecule has 0 amide bonds. The first-order valence-electron chi connectivity index (χ1n) is 14.6. The lowest BCUT2D eigenvalue weighted by atomic mass is 9.98. The summed E-state index contributed by atoms with van der Waals surface area (Å²) in [7, 11) is 0. The van der Waals surface area contributed by atoms with Crippen molar-refractivity contribution >= 4 is 17.0 Å². The predicted octanol–water partition coefficient (Wildman–Crippen LogP) is 6.97. The zero-order valence-electron chi connectivity index (χ0n) is 23.0. The van der Waals surface area contributed by atoms with E-state index in [-0.39, 0.29) is 12.2 Å². The average Bonchev–Trinajstić information content (AvgIpc) is 3.32. The Labute approximate surface area is 234 Å². The molecule has 0 spiro atoms. The molecule has 8 nitrogen and oxygen atoms in total. The number of aromatic carboxylic acids is 1. The van der Waals surface area contributed by atoms with Crippen LogP contribution in [0.4, 0.5) is 0 Å². The van der Waals surface area contributed by atoms with Gasteiger partial charge in [-0.05, 0) is 81.0 Å². The molecule has 4 aromatic rings. The van der Waals surface area contributed by atoms with Crippen LogP contribution in [0.5, 0.6) is 11.8 Å². The fourth-order valence-electron chi connectivity index (χ4n) is 6.04. The van der Waals surface area contributed by atoms with Crippen LogP contribution in [-0.4, -0.2) is 43.0 Å². The van der Waals surface area contributed by atoms with E-state index in [9.17, 15) is 9.90 Å². The van der Waals surface area contributed by atoms with Gasteiger partial charge in [-0.1, -0.05) is 55.3 Å². The highest BCUT2D eigenvalue weighted by atomic mass is 16.5. The number of carboxylic acids is 1. The molecule has 208 valence electrons. The van der Waals surface area contributed by atoms with Crippen LogP contribution in [0.15, 0.2) is 48.5 Å². The van der Waals surface area contributed by atoms with Crippen molar-refractivity contribution in [2.24, 2.45) is 0 Å². The maximum atomic E-state index is 11.7. The van der Waals surface area contributed by atoms with E-state index in [4.69, 9.17) is 14.5 Å². The highest BCUT2D eigenvalue weighted by Crippen LogP contribution is 2.35. The van der Waals surface area contributed by atoms with Crippen molar-refractivity contribution in [1.29, 1.82) is 0 Å². The summed E-state index contributed by atoms with van der Waals surface area (Å²) in [6.07, 6.45) is 11.6. The van der Waals surface area contributed by atoms with Gasteiger partial charge in [-0.3, -0.25) is 0 Å². The van der Waals surface area contributed by atoms with Crippen molar-refractivity contribution in [1.82, 2.24) is 19.7 Å². The Bertz CT molecular complexity index is 1490. The third-order valence-corrected chi connectivity index (χ3v) is 8.22. The van der Waals surface area contributed by atoms with Crippen molar-refractivity contribution in [2.75, 3.05) is 0 Å². The number of aryl methyl sites for hydroxylation is 1. The second kappa shape index (κ2) is 11.7. The molecule has 8 heteroatoms. The number of carboxylic acid groups (broad SMARTS) is 1. The Morgan fingerprint density at radius 3 is 2.10 bits per heavy atom. The Hall–Kier alpha value is -3.94. The number of benzene rings is 2. The van der Waals surface area contributed by atoms with E-state index < -0.39 is 5.97 Å². The zero-order chi connectivity index (χ0) is 27.5.